The molecule has 2 heterocycles. The monoisotopic (exact) mass is 217 g/mol. The average molecular weight is 217 g/mol. The Balaban J connectivity index is 2.33. The Bertz CT molecular complexity index is 513. The van der Waals surface area contributed by atoms with Gasteiger partial charge in [0.05, 0.1) is 11.8 Å². The van der Waals surface area contributed by atoms with E-state index in [4.69, 9.17) is 5.26 Å². The number of nitriles is 1. The Morgan fingerprint density at radius 2 is 2.33 bits per heavy atom. The van der Waals surface area contributed by atoms with E-state index < -0.39 is 0 Å². The van der Waals surface area contributed by atoms with Crippen LogP contribution in [0.3, 0.4) is 0 Å². The Morgan fingerprint density at radius 3 is 3.00 bits per heavy atom. The lowest BCUT2D eigenvalue weighted by atomic mass is 10.3. The fourth-order valence-corrected chi connectivity index (χ4v) is 1.82. The van der Waals surface area contributed by atoms with Crippen molar-refractivity contribution in [3.63, 3.8) is 0 Å². The molecule has 0 radical (unpaired) electrons. The van der Waals surface area contributed by atoms with Gasteiger partial charge in [0, 0.05) is 19.4 Å². The zero-order valence-electron chi connectivity index (χ0n) is 7.95. The molecule has 2 aromatic rings. The minimum absolute atomic E-state index is 0.512. The maximum absolute atomic E-state index is 8.86. The topological polar surface area (TPSA) is 67.4 Å². The number of hydrogen-bond acceptors (Lipinski definition) is 5. The van der Waals surface area contributed by atoms with Gasteiger partial charge in [0.15, 0.2) is 5.16 Å². The number of hydrogen-bond donors (Lipinski definition) is 0. The van der Waals surface area contributed by atoms with E-state index in [9.17, 15) is 0 Å². The van der Waals surface area contributed by atoms with E-state index in [-0.39, 0.29) is 0 Å². The molecule has 0 aromatic carbocycles. The van der Waals surface area contributed by atoms with Crippen molar-refractivity contribution in [1.29, 1.82) is 5.26 Å². The van der Waals surface area contributed by atoms with Crippen molar-refractivity contribution in [2.24, 2.45) is 7.05 Å². The van der Waals surface area contributed by atoms with E-state index >= 15 is 0 Å². The van der Waals surface area contributed by atoms with Gasteiger partial charge < -0.3 is 4.57 Å². The van der Waals surface area contributed by atoms with Gasteiger partial charge in [0.2, 0.25) is 0 Å². The summed E-state index contributed by atoms with van der Waals surface area (Å²) in [7, 11) is 1.89. The van der Waals surface area contributed by atoms with Gasteiger partial charge in [-0.15, -0.1) is 5.10 Å². The molecule has 0 N–H and O–H groups in total. The lowest BCUT2D eigenvalue weighted by Gasteiger charge is -2.00. The molecule has 0 aliphatic carbocycles. The Morgan fingerprint density at radius 1 is 1.47 bits per heavy atom. The van der Waals surface area contributed by atoms with Crippen molar-refractivity contribution in [3.05, 3.63) is 30.2 Å². The quantitative estimate of drug-likeness (QED) is 0.756. The fourth-order valence-electron chi connectivity index (χ4n) is 1.02. The van der Waals surface area contributed by atoms with Gasteiger partial charge in [0.1, 0.15) is 11.1 Å². The van der Waals surface area contributed by atoms with Gasteiger partial charge in [-0.05, 0) is 17.8 Å². The Kier molecular flexibility index (Phi) is 2.65. The summed E-state index contributed by atoms with van der Waals surface area (Å²) >= 11 is 1.33. The minimum atomic E-state index is 0.512. The number of aromatic nitrogens is 4. The molecular weight excluding hydrogens is 210 g/mol. The molecule has 2 aromatic heterocycles. The van der Waals surface area contributed by atoms with Crippen LogP contribution < -0.4 is 0 Å². The van der Waals surface area contributed by atoms with Gasteiger partial charge in [-0.25, -0.2) is 4.98 Å². The highest BCUT2D eigenvalue weighted by Gasteiger charge is 2.08. The summed E-state index contributed by atoms with van der Waals surface area (Å²) in [6, 6.07) is 3.70. The normalized spacial score (nSPS) is 9.87. The first-order valence-corrected chi connectivity index (χ1v) is 5.00. The second-order valence-electron chi connectivity index (χ2n) is 2.78. The van der Waals surface area contributed by atoms with E-state index in [0.717, 1.165) is 5.16 Å². The highest BCUT2D eigenvalue weighted by molar-refractivity contribution is 7.99. The van der Waals surface area contributed by atoms with Gasteiger partial charge in [-0.1, -0.05) is 0 Å². The first-order valence-electron chi connectivity index (χ1n) is 4.18. The van der Waals surface area contributed by atoms with Crippen LogP contribution in [0.5, 0.6) is 0 Å². The van der Waals surface area contributed by atoms with E-state index in [1.165, 1.54) is 18.0 Å². The van der Waals surface area contributed by atoms with Crippen LogP contribution in [0.15, 0.2) is 34.8 Å². The predicted molar refractivity (Wildman–Crippen MR) is 54.1 cm³/mol. The fraction of sp³-hybridized carbons (Fsp3) is 0.111. The molecule has 5 nitrogen and oxygen atoms in total. The summed E-state index contributed by atoms with van der Waals surface area (Å²) in [5.41, 5.74) is 0.512. The van der Waals surface area contributed by atoms with Crippen LogP contribution in [-0.2, 0) is 7.05 Å². The van der Waals surface area contributed by atoms with Crippen LogP contribution >= 0.6 is 11.8 Å². The zero-order chi connectivity index (χ0) is 10.7. The SMILES string of the molecule is Cn1ccnc1Sc1nnccc1C#N. The highest BCUT2D eigenvalue weighted by atomic mass is 32.2. The van der Waals surface area contributed by atoms with Gasteiger partial charge in [0.25, 0.3) is 0 Å². The molecule has 0 fully saturated rings. The molecule has 0 saturated carbocycles. The average Bonchev–Trinajstić information content (AvgIpc) is 2.65. The lowest BCUT2D eigenvalue weighted by Crippen LogP contribution is -1.93. The minimum Gasteiger partial charge on any atom is -0.329 e. The van der Waals surface area contributed by atoms with Crippen LogP contribution in [0.2, 0.25) is 0 Å². The van der Waals surface area contributed by atoms with E-state index in [1.54, 1.807) is 12.3 Å². The molecule has 6 heteroatoms. The second-order valence-corrected chi connectivity index (χ2v) is 3.74. The van der Waals surface area contributed by atoms with Crippen molar-refractivity contribution in [2.75, 3.05) is 0 Å². The predicted octanol–water partition coefficient (Wildman–Crippen LogP) is 1.23. The molecule has 0 unspecified atom stereocenters. The summed E-state index contributed by atoms with van der Waals surface area (Å²) in [6.07, 6.45) is 5.04. The van der Waals surface area contributed by atoms with E-state index in [0.29, 0.717) is 10.6 Å². The first kappa shape index (κ1) is 9.68. The highest BCUT2D eigenvalue weighted by Crippen LogP contribution is 2.25. The summed E-state index contributed by atoms with van der Waals surface area (Å²) in [5, 5.41) is 17.9. The van der Waals surface area contributed by atoms with Crippen LogP contribution in [-0.4, -0.2) is 19.7 Å². The third-order valence-corrected chi connectivity index (χ3v) is 2.84. The van der Waals surface area contributed by atoms with Crippen molar-refractivity contribution in [2.45, 2.75) is 10.2 Å². The number of imidazole rings is 1. The van der Waals surface area contributed by atoms with Crippen LogP contribution in [0.25, 0.3) is 0 Å². The third-order valence-electron chi connectivity index (χ3n) is 1.77. The third kappa shape index (κ3) is 1.97. The van der Waals surface area contributed by atoms with Crippen molar-refractivity contribution < 1.29 is 0 Å². The molecule has 0 atom stereocenters. The van der Waals surface area contributed by atoms with Gasteiger partial charge in [-0.2, -0.15) is 10.4 Å². The van der Waals surface area contributed by atoms with E-state index in [1.807, 2.05) is 17.8 Å². The molecule has 0 aliphatic rings. The Labute approximate surface area is 90.8 Å². The number of rotatable bonds is 2. The smallest absolute Gasteiger partial charge is 0.174 e. The van der Waals surface area contributed by atoms with Crippen LogP contribution in [0, 0.1) is 11.3 Å². The summed E-state index contributed by atoms with van der Waals surface area (Å²) in [6.45, 7) is 0. The van der Waals surface area contributed by atoms with Crippen molar-refractivity contribution >= 4 is 11.8 Å². The molecule has 0 saturated heterocycles. The summed E-state index contributed by atoms with van der Waals surface area (Å²) in [4.78, 5) is 4.14. The molecule has 0 amide bonds. The van der Waals surface area contributed by atoms with Crippen LogP contribution in [0.1, 0.15) is 5.56 Å². The molecule has 15 heavy (non-hydrogen) atoms. The van der Waals surface area contributed by atoms with Gasteiger partial charge >= 0.3 is 0 Å². The molecule has 0 bridgehead atoms. The maximum atomic E-state index is 8.86. The number of aryl methyl sites for hydroxylation is 1. The molecule has 0 aliphatic heterocycles. The van der Waals surface area contributed by atoms with E-state index in [2.05, 4.69) is 21.3 Å². The maximum Gasteiger partial charge on any atom is 0.174 e. The number of nitrogens with zero attached hydrogens (tertiary/aromatic N) is 5. The molecule has 0 spiro atoms. The first-order chi connectivity index (χ1) is 7.31. The Hall–Kier alpha value is -1.87. The van der Waals surface area contributed by atoms with Gasteiger partial charge in [-0.3, -0.25) is 0 Å². The molecular formula is C9H7N5S. The molecule has 74 valence electrons. The van der Waals surface area contributed by atoms with Crippen molar-refractivity contribution in [3.8, 4) is 6.07 Å². The van der Waals surface area contributed by atoms with Crippen LogP contribution in [0.4, 0.5) is 0 Å². The standard InChI is InChI=1S/C9H7N5S/c1-14-5-4-11-9(14)15-8-7(6-10)2-3-12-13-8/h2-5H,1H3. The largest absolute Gasteiger partial charge is 0.329 e. The lowest BCUT2D eigenvalue weighted by molar-refractivity contribution is 0.786. The zero-order valence-corrected chi connectivity index (χ0v) is 8.77. The summed E-state index contributed by atoms with van der Waals surface area (Å²) < 4.78 is 1.86. The molecule has 2 rings (SSSR count). The summed E-state index contributed by atoms with van der Waals surface area (Å²) in [5.74, 6) is 0. The second kappa shape index (κ2) is 4.11. The van der Waals surface area contributed by atoms with Crippen molar-refractivity contribution in [1.82, 2.24) is 19.7 Å².